The lowest BCUT2D eigenvalue weighted by molar-refractivity contribution is 0.0999. The van der Waals surface area contributed by atoms with E-state index in [4.69, 9.17) is 25.4 Å². The highest BCUT2D eigenvalue weighted by atomic mass is 16.5. The second-order valence-corrected chi connectivity index (χ2v) is 8.84. The zero-order valence-electron chi connectivity index (χ0n) is 22.6. The Morgan fingerprint density at radius 1 is 0.775 bits per heavy atom. The number of hydrogen-bond donors (Lipinski definition) is 3. The van der Waals surface area contributed by atoms with Crippen molar-refractivity contribution in [3.05, 3.63) is 102 Å². The summed E-state index contributed by atoms with van der Waals surface area (Å²) in [6, 6.07) is 25.1. The maximum absolute atomic E-state index is 13.6. The number of guanidine groups is 1. The lowest BCUT2D eigenvalue weighted by atomic mass is 10.0. The van der Waals surface area contributed by atoms with Crippen LogP contribution in [0.3, 0.4) is 0 Å². The maximum atomic E-state index is 13.6. The fourth-order valence-electron chi connectivity index (χ4n) is 4.25. The Morgan fingerprint density at radius 3 is 2.02 bits per heavy atom. The third kappa shape index (κ3) is 5.73. The summed E-state index contributed by atoms with van der Waals surface area (Å²) < 4.78 is 16.1. The third-order valence-corrected chi connectivity index (χ3v) is 6.32. The molecule has 204 valence electrons. The molecule has 40 heavy (non-hydrogen) atoms. The van der Waals surface area contributed by atoms with Crippen molar-refractivity contribution in [3.63, 3.8) is 0 Å². The van der Waals surface area contributed by atoms with Gasteiger partial charge in [-0.1, -0.05) is 48.5 Å². The van der Waals surface area contributed by atoms with Crippen LogP contribution in [0.2, 0.25) is 0 Å². The molecule has 0 fully saturated rings. The summed E-state index contributed by atoms with van der Waals surface area (Å²) in [6.45, 7) is 1.83. The van der Waals surface area contributed by atoms with Crippen molar-refractivity contribution in [1.29, 1.82) is 5.41 Å². The molecule has 0 aromatic heterocycles. The monoisotopic (exact) mass is 538 g/mol. The van der Waals surface area contributed by atoms with Crippen LogP contribution in [0.5, 0.6) is 17.2 Å². The van der Waals surface area contributed by atoms with Crippen LogP contribution < -0.4 is 30.2 Å². The highest BCUT2D eigenvalue weighted by Gasteiger charge is 2.25. The minimum atomic E-state index is -0.594. The summed E-state index contributed by atoms with van der Waals surface area (Å²) in [5, 5.41) is 11.1. The van der Waals surface area contributed by atoms with Crippen LogP contribution in [0.25, 0.3) is 11.1 Å². The molecule has 0 saturated heterocycles. The molecule has 0 aliphatic rings. The first kappa shape index (κ1) is 27.7. The molecule has 0 unspecified atom stereocenters. The van der Waals surface area contributed by atoms with Crippen molar-refractivity contribution >= 4 is 29.1 Å². The van der Waals surface area contributed by atoms with Crippen LogP contribution in [0, 0.1) is 12.3 Å². The molecule has 4 aromatic rings. The fourth-order valence-corrected chi connectivity index (χ4v) is 4.25. The summed E-state index contributed by atoms with van der Waals surface area (Å²) in [7, 11) is 4.35. The number of aryl methyl sites for hydroxylation is 1. The van der Waals surface area contributed by atoms with E-state index in [9.17, 15) is 9.59 Å². The number of carbonyl (C=O) groups excluding carboxylic acids is 2. The number of carbonyl (C=O) groups is 2. The summed E-state index contributed by atoms with van der Waals surface area (Å²) in [4.78, 5) is 27.9. The number of rotatable bonds is 8. The predicted molar refractivity (Wildman–Crippen MR) is 156 cm³/mol. The first-order valence-electron chi connectivity index (χ1n) is 12.3. The van der Waals surface area contributed by atoms with Gasteiger partial charge in [0.2, 0.25) is 5.75 Å². The van der Waals surface area contributed by atoms with Gasteiger partial charge >= 0.3 is 0 Å². The van der Waals surface area contributed by atoms with Gasteiger partial charge in [-0.05, 0) is 60.0 Å². The molecule has 4 aromatic carbocycles. The van der Waals surface area contributed by atoms with Gasteiger partial charge in [-0.25, -0.2) is 4.90 Å². The van der Waals surface area contributed by atoms with Crippen LogP contribution in [0.15, 0.2) is 84.9 Å². The first-order valence-corrected chi connectivity index (χ1v) is 12.3. The molecule has 4 N–H and O–H groups in total. The van der Waals surface area contributed by atoms with Crippen molar-refractivity contribution in [2.45, 2.75) is 6.92 Å². The Kier molecular flexibility index (Phi) is 8.34. The molecular weight excluding hydrogens is 508 g/mol. The number of hydrogen-bond acceptors (Lipinski definition) is 6. The first-order chi connectivity index (χ1) is 19.3. The van der Waals surface area contributed by atoms with Crippen LogP contribution in [-0.4, -0.2) is 39.1 Å². The molecule has 9 nitrogen and oxygen atoms in total. The van der Waals surface area contributed by atoms with Gasteiger partial charge < -0.3 is 25.3 Å². The van der Waals surface area contributed by atoms with E-state index in [1.165, 1.54) is 33.5 Å². The third-order valence-electron chi connectivity index (χ3n) is 6.32. The molecule has 0 aliphatic heterocycles. The molecule has 0 bridgehead atoms. The smallest absolute Gasteiger partial charge is 0.265 e. The number of amides is 2. The zero-order chi connectivity index (χ0) is 28.8. The van der Waals surface area contributed by atoms with E-state index in [0.717, 1.165) is 21.6 Å². The van der Waals surface area contributed by atoms with Gasteiger partial charge in [0.15, 0.2) is 17.5 Å². The van der Waals surface area contributed by atoms with Gasteiger partial charge in [0.25, 0.3) is 11.8 Å². The van der Waals surface area contributed by atoms with E-state index in [1.54, 1.807) is 24.3 Å². The van der Waals surface area contributed by atoms with Gasteiger partial charge in [-0.3, -0.25) is 15.0 Å². The van der Waals surface area contributed by atoms with Gasteiger partial charge in [0, 0.05) is 16.8 Å². The molecule has 0 spiro atoms. The van der Waals surface area contributed by atoms with E-state index in [0.29, 0.717) is 22.7 Å². The minimum absolute atomic E-state index is 0.161. The summed E-state index contributed by atoms with van der Waals surface area (Å²) in [6.07, 6.45) is 0. The van der Waals surface area contributed by atoms with Crippen LogP contribution >= 0.6 is 0 Å². The summed E-state index contributed by atoms with van der Waals surface area (Å²) in [5.41, 5.74) is 9.95. The molecule has 9 heteroatoms. The van der Waals surface area contributed by atoms with E-state index < -0.39 is 11.9 Å². The molecule has 2 amide bonds. The SMILES string of the molecule is COc1cc(C(=O)N(C(=N)N)c2ccc(C)c(NC(=O)c3cccc(-c4ccccc4)c3)c2)cc(OC)c1OC. The molecule has 0 heterocycles. The number of anilines is 2. The van der Waals surface area contributed by atoms with Crippen molar-refractivity contribution in [2.24, 2.45) is 5.73 Å². The quantitative estimate of drug-likeness (QED) is 0.201. The van der Waals surface area contributed by atoms with Gasteiger partial charge in [0.1, 0.15) is 0 Å². The second kappa shape index (κ2) is 12.0. The largest absolute Gasteiger partial charge is 0.493 e. The molecule has 4 rings (SSSR count). The van der Waals surface area contributed by atoms with Crippen molar-refractivity contribution in [2.75, 3.05) is 31.5 Å². The molecule has 0 atom stereocenters. The average Bonchev–Trinajstić information content (AvgIpc) is 2.98. The Hall–Kier alpha value is -5.31. The Bertz CT molecular complexity index is 1540. The zero-order valence-corrected chi connectivity index (χ0v) is 22.6. The fraction of sp³-hybridized carbons (Fsp3) is 0.129. The van der Waals surface area contributed by atoms with Crippen LogP contribution in [-0.2, 0) is 0 Å². The number of methoxy groups -OCH3 is 3. The van der Waals surface area contributed by atoms with Crippen LogP contribution in [0.1, 0.15) is 26.3 Å². The lowest BCUT2D eigenvalue weighted by Gasteiger charge is -2.23. The molecule has 0 aliphatic carbocycles. The number of nitrogens with one attached hydrogen (secondary N) is 2. The number of nitrogens with two attached hydrogens (primary N) is 1. The Balaban J connectivity index is 1.66. The highest BCUT2D eigenvalue weighted by Crippen LogP contribution is 2.39. The number of nitrogens with zero attached hydrogens (tertiary/aromatic N) is 1. The van der Waals surface area contributed by atoms with E-state index >= 15 is 0 Å². The van der Waals surface area contributed by atoms with Gasteiger partial charge in [0.05, 0.1) is 27.0 Å². The predicted octanol–water partition coefficient (Wildman–Crippen LogP) is 5.48. The van der Waals surface area contributed by atoms with E-state index in [1.807, 2.05) is 55.5 Å². The lowest BCUT2D eigenvalue weighted by Crippen LogP contribution is -2.41. The van der Waals surface area contributed by atoms with Crippen molar-refractivity contribution in [3.8, 4) is 28.4 Å². The normalized spacial score (nSPS) is 10.4. The standard InChI is InChI=1S/C31H30N4O5/c1-19-13-14-24(35(31(32)33)30(37)23-16-26(38-2)28(40-4)27(17-23)39-3)18-25(19)34-29(36)22-12-8-11-21(15-22)20-9-6-5-7-10-20/h5-18H,1-4H3,(H3,32,33)(H,34,36). The molecule has 0 radical (unpaired) electrons. The van der Waals surface area contributed by atoms with E-state index in [-0.39, 0.29) is 23.0 Å². The van der Waals surface area contributed by atoms with Crippen LogP contribution in [0.4, 0.5) is 11.4 Å². The summed E-state index contributed by atoms with van der Waals surface area (Å²) >= 11 is 0. The van der Waals surface area contributed by atoms with Gasteiger partial charge in [-0.15, -0.1) is 0 Å². The average molecular weight is 539 g/mol. The number of benzene rings is 4. The van der Waals surface area contributed by atoms with E-state index in [2.05, 4.69) is 5.32 Å². The molecular formula is C31H30N4O5. The molecule has 0 saturated carbocycles. The topological polar surface area (TPSA) is 127 Å². The second-order valence-electron chi connectivity index (χ2n) is 8.84. The Labute approximate surface area is 232 Å². The summed E-state index contributed by atoms with van der Waals surface area (Å²) in [5.74, 6) is -0.526. The van der Waals surface area contributed by atoms with Crippen molar-refractivity contribution in [1.82, 2.24) is 0 Å². The Morgan fingerprint density at radius 2 is 1.43 bits per heavy atom. The number of ether oxygens (including phenoxy) is 3. The van der Waals surface area contributed by atoms with Gasteiger partial charge in [-0.2, -0.15) is 0 Å². The highest BCUT2D eigenvalue weighted by molar-refractivity contribution is 6.21. The minimum Gasteiger partial charge on any atom is -0.493 e. The maximum Gasteiger partial charge on any atom is 0.265 e. The van der Waals surface area contributed by atoms with Crippen molar-refractivity contribution < 1.29 is 23.8 Å².